The number of phenolic OH excluding ortho intramolecular Hbond substituents is 1. The quantitative estimate of drug-likeness (QED) is 0.855. The summed E-state index contributed by atoms with van der Waals surface area (Å²) in [5.41, 5.74) is 0.708. The number of aryl methyl sites for hydroxylation is 1. The van der Waals surface area contributed by atoms with E-state index in [0.29, 0.717) is 5.56 Å². The van der Waals surface area contributed by atoms with Crippen LogP contribution >= 0.6 is 0 Å². The minimum atomic E-state index is -0.627. The molecule has 0 aliphatic heterocycles. The van der Waals surface area contributed by atoms with Gasteiger partial charge in [-0.25, -0.2) is 4.39 Å². The molecule has 0 bridgehead atoms. The first-order valence-corrected chi connectivity index (χ1v) is 5.29. The van der Waals surface area contributed by atoms with E-state index in [2.05, 4.69) is 10.3 Å². The van der Waals surface area contributed by atoms with Gasteiger partial charge in [-0.15, -0.1) is 0 Å². The molecule has 0 aliphatic rings. The molecule has 1 amide bonds. The molecule has 1 heterocycles. The average Bonchev–Trinajstić information content (AvgIpc) is 2.35. The molecule has 1 aromatic carbocycles. The topological polar surface area (TPSA) is 62.2 Å². The van der Waals surface area contributed by atoms with Crippen LogP contribution in [0.4, 0.5) is 10.1 Å². The summed E-state index contributed by atoms with van der Waals surface area (Å²) >= 11 is 0. The fourth-order valence-electron chi connectivity index (χ4n) is 1.51. The summed E-state index contributed by atoms with van der Waals surface area (Å²) in [6, 6.07) is 6.14. The summed E-state index contributed by atoms with van der Waals surface area (Å²) in [6.07, 6.45) is 2.38. The van der Waals surface area contributed by atoms with E-state index in [1.54, 1.807) is 19.1 Å². The highest BCUT2D eigenvalue weighted by molar-refractivity contribution is 6.06. The molecule has 5 heteroatoms. The summed E-state index contributed by atoms with van der Waals surface area (Å²) in [7, 11) is 0. The Morgan fingerprint density at radius 1 is 1.39 bits per heavy atom. The molecule has 0 fully saturated rings. The summed E-state index contributed by atoms with van der Waals surface area (Å²) in [4.78, 5) is 15.5. The molecule has 0 unspecified atom stereocenters. The van der Waals surface area contributed by atoms with Crippen LogP contribution in [0.2, 0.25) is 0 Å². The molecule has 0 spiro atoms. The fraction of sp³-hybridized carbons (Fsp3) is 0.0769. The zero-order valence-corrected chi connectivity index (χ0v) is 9.64. The first-order valence-electron chi connectivity index (χ1n) is 5.29. The number of para-hydroxylation sites is 1. The normalized spacial score (nSPS) is 10.1. The van der Waals surface area contributed by atoms with E-state index in [4.69, 9.17) is 0 Å². The molecule has 18 heavy (non-hydrogen) atoms. The Labute approximate surface area is 103 Å². The number of hydrogen-bond acceptors (Lipinski definition) is 3. The Hall–Kier alpha value is -2.43. The van der Waals surface area contributed by atoms with Crippen LogP contribution in [0.3, 0.4) is 0 Å². The first-order chi connectivity index (χ1) is 8.59. The van der Waals surface area contributed by atoms with Gasteiger partial charge in [0.1, 0.15) is 5.75 Å². The van der Waals surface area contributed by atoms with Gasteiger partial charge in [-0.1, -0.05) is 12.1 Å². The number of aromatic hydroxyl groups is 1. The van der Waals surface area contributed by atoms with Gasteiger partial charge in [0.2, 0.25) is 0 Å². The number of phenols is 1. The SMILES string of the molecule is Cc1cccc(C(=O)Nc2ccncc2F)c1O. The van der Waals surface area contributed by atoms with Crippen molar-refractivity contribution >= 4 is 11.6 Å². The zero-order chi connectivity index (χ0) is 13.1. The molecule has 1 aromatic heterocycles. The predicted molar refractivity (Wildman–Crippen MR) is 65.0 cm³/mol. The van der Waals surface area contributed by atoms with E-state index in [-0.39, 0.29) is 17.0 Å². The molecular weight excluding hydrogens is 235 g/mol. The zero-order valence-electron chi connectivity index (χ0n) is 9.64. The van der Waals surface area contributed by atoms with Gasteiger partial charge in [0.15, 0.2) is 5.82 Å². The second-order valence-electron chi connectivity index (χ2n) is 3.78. The number of rotatable bonds is 2. The highest BCUT2D eigenvalue weighted by Crippen LogP contribution is 2.22. The van der Waals surface area contributed by atoms with E-state index in [9.17, 15) is 14.3 Å². The van der Waals surface area contributed by atoms with Crippen LogP contribution < -0.4 is 5.32 Å². The van der Waals surface area contributed by atoms with Crippen molar-refractivity contribution in [2.75, 3.05) is 5.32 Å². The largest absolute Gasteiger partial charge is 0.507 e. The van der Waals surface area contributed by atoms with Crippen molar-refractivity contribution in [1.29, 1.82) is 0 Å². The molecule has 92 valence electrons. The number of carbonyl (C=O) groups is 1. The summed E-state index contributed by atoms with van der Waals surface area (Å²) in [5, 5.41) is 12.1. The van der Waals surface area contributed by atoms with Gasteiger partial charge >= 0.3 is 0 Å². The van der Waals surface area contributed by atoms with Crippen molar-refractivity contribution in [3.05, 3.63) is 53.6 Å². The van der Waals surface area contributed by atoms with E-state index >= 15 is 0 Å². The van der Waals surface area contributed by atoms with Gasteiger partial charge in [-0.3, -0.25) is 9.78 Å². The van der Waals surface area contributed by atoms with Crippen LogP contribution in [-0.2, 0) is 0 Å². The van der Waals surface area contributed by atoms with Crippen molar-refractivity contribution in [2.24, 2.45) is 0 Å². The maximum atomic E-state index is 13.3. The number of aromatic nitrogens is 1. The average molecular weight is 246 g/mol. The van der Waals surface area contributed by atoms with Gasteiger partial charge in [0.05, 0.1) is 17.4 Å². The lowest BCUT2D eigenvalue weighted by atomic mass is 10.1. The number of amides is 1. The summed E-state index contributed by atoms with van der Waals surface area (Å²) in [6.45, 7) is 1.68. The summed E-state index contributed by atoms with van der Waals surface area (Å²) in [5.74, 6) is -1.30. The number of pyridine rings is 1. The van der Waals surface area contributed by atoms with Crippen LogP contribution in [-0.4, -0.2) is 16.0 Å². The molecule has 0 saturated heterocycles. The first kappa shape index (κ1) is 12.0. The van der Waals surface area contributed by atoms with Crippen LogP contribution in [0.25, 0.3) is 0 Å². The minimum Gasteiger partial charge on any atom is -0.507 e. The van der Waals surface area contributed by atoms with Crippen molar-refractivity contribution in [1.82, 2.24) is 4.98 Å². The molecule has 2 rings (SSSR count). The highest BCUT2D eigenvalue weighted by atomic mass is 19.1. The maximum Gasteiger partial charge on any atom is 0.259 e. The lowest BCUT2D eigenvalue weighted by molar-refractivity contribution is 0.102. The van der Waals surface area contributed by atoms with Crippen molar-refractivity contribution in [2.45, 2.75) is 6.92 Å². The third-order valence-corrected chi connectivity index (χ3v) is 2.50. The number of hydrogen-bond donors (Lipinski definition) is 2. The second kappa shape index (κ2) is 4.83. The van der Waals surface area contributed by atoms with Crippen molar-refractivity contribution in [3.8, 4) is 5.75 Å². The molecule has 4 nitrogen and oxygen atoms in total. The predicted octanol–water partition coefficient (Wildman–Crippen LogP) is 2.49. The summed E-state index contributed by atoms with van der Waals surface area (Å²) < 4.78 is 13.3. The monoisotopic (exact) mass is 246 g/mol. The maximum absolute atomic E-state index is 13.3. The Balaban J connectivity index is 2.28. The number of anilines is 1. The van der Waals surface area contributed by atoms with E-state index < -0.39 is 11.7 Å². The lowest BCUT2D eigenvalue weighted by Crippen LogP contribution is -2.13. The number of nitrogens with one attached hydrogen (secondary N) is 1. The Kier molecular flexibility index (Phi) is 3.23. The van der Waals surface area contributed by atoms with Gasteiger partial charge in [-0.2, -0.15) is 0 Å². The number of carbonyl (C=O) groups excluding carboxylic acids is 1. The van der Waals surface area contributed by atoms with Gasteiger partial charge in [0.25, 0.3) is 5.91 Å². The van der Waals surface area contributed by atoms with Gasteiger partial charge < -0.3 is 10.4 Å². The van der Waals surface area contributed by atoms with Crippen LogP contribution in [0.5, 0.6) is 5.75 Å². The molecule has 0 radical (unpaired) electrons. The number of benzene rings is 1. The fourth-order valence-corrected chi connectivity index (χ4v) is 1.51. The van der Waals surface area contributed by atoms with E-state index in [1.807, 2.05) is 0 Å². The third kappa shape index (κ3) is 2.29. The van der Waals surface area contributed by atoms with Crippen molar-refractivity contribution in [3.63, 3.8) is 0 Å². The second-order valence-corrected chi connectivity index (χ2v) is 3.78. The van der Waals surface area contributed by atoms with Gasteiger partial charge in [0, 0.05) is 6.20 Å². The van der Waals surface area contributed by atoms with Crippen LogP contribution in [0, 0.1) is 12.7 Å². The molecule has 0 aliphatic carbocycles. The Morgan fingerprint density at radius 2 is 2.17 bits per heavy atom. The van der Waals surface area contributed by atoms with Gasteiger partial charge in [-0.05, 0) is 24.6 Å². The minimum absolute atomic E-state index is 0.0240. The highest BCUT2D eigenvalue weighted by Gasteiger charge is 2.14. The van der Waals surface area contributed by atoms with E-state index in [0.717, 1.165) is 6.20 Å². The number of halogens is 1. The smallest absolute Gasteiger partial charge is 0.259 e. The number of nitrogens with zero attached hydrogens (tertiary/aromatic N) is 1. The lowest BCUT2D eigenvalue weighted by Gasteiger charge is -2.08. The van der Waals surface area contributed by atoms with Crippen molar-refractivity contribution < 1.29 is 14.3 Å². The molecule has 2 N–H and O–H groups in total. The molecular formula is C13H11FN2O2. The third-order valence-electron chi connectivity index (χ3n) is 2.50. The molecule has 2 aromatic rings. The van der Waals surface area contributed by atoms with E-state index in [1.165, 1.54) is 18.3 Å². The Morgan fingerprint density at radius 3 is 2.89 bits per heavy atom. The standard InChI is InChI=1S/C13H11FN2O2/c1-8-3-2-4-9(12(8)17)13(18)16-11-5-6-15-7-10(11)14/h2-7,17H,1H3,(H,15,16,18). The molecule has 0 atom stereocenters. The molecule has 0 saturated carbocycles. The Bertz CT molecular complexity index is 599. The van der Waals surface area contributed by atoms with Crippen LogP contribution in [0.15, 0.2) is 36.7 Å². The van der Waals surface area contributed by atoms with Crippen LogP contribution in [0.1, 0.15) is 15.9 Å².